The molecule has 0 heterocycles. The highest BCUT2D eigenvalue weighted by atomic mass is 32.2. The smallest absolute Gasteiger partial charge is 0.306 e. The zero-order chi connectivity index (χ0) is 12.4. The van der Waals surface area contributed by atoms with Crippen LogP contribution in [0.1, 0.15) is 33.1 Å². The van der Waals surface area contributed by atoms with E-state index in [9.17, 15) is 9.00 Å². The van der Waals surface area contributed by atoms with E-state index in [0.717, 1.165) is 19.4 Å². The fourth-order valence-corrected chi connectivity index (χ4v) is 2.11. The average molecular weight is 250 g/mol. The first-order chi connectivity index (χ1) is 7.61. The molecule has 2 atom stereocenters. The van der Waals surface area contributed by atoms with Gasteiger partial charge in [-0.25, -0.2) is 0 Å². The minimum atomic E-state index is -1.02. The summed E-state index contributed by atoms with van der Waals surface area (Å²) in [5, 5.41) is -0.165. The van der Waals surface area contributed by atoms with E-state index in [-0.39, 0.29) is 17.6 Å². The molecular formula is C11H22O4S. The van der Waals surface area contributed by atoms with Crippen molar-refractivity contribution < 1.29 is 18.5 Å². The standard InChI is InChI=1S/C11H22O4S/c1-4-5-6-15-7-8-16(13)10(2)9-11(12)14-3/h10H,4-9H2,1-3H3. The van der Waals surface area contributed by atoms with Gasteiger partial charge < -0.3 is 9.47 Å². The fourth-order valence-electron chi connectivity index (χ4n) is 1.10. The van der Waals surface area contributed by atoms with E-state index in [0.29, 0.717) is 12.4 Å². The maximum Gasteiger partial charge on any atom is 0.306 e. The average Bonchev–Trinajstić information content (AvgIpc) is 2.28. The van der Waals surface area contributed by atoms with Gasteiger partial charge in [0.15, 0.2) is 0 Å². The Kier molecular flexibility index (Phi) is 9.52. The molecule has 0 fully saturated rings. The molecule has 0 saturated heterocycles. The van der Waals surface area contributed by atoms with Crippen LogP contribution in [0.25, 0.3) is 0 Å². The van der Waals surface area contributed by atoms with E-state index < -0.39 is 10.8 Å². The molecule has 0 saturated carbocycles. The maximum atomic E-state index is 11.7. The molecule has 5 heteroatoms. The molecule has 16 heavy (non-hydrogen) atoms. The summed E-state index contributed by atoms with van der Waals surface area (Å²) in [6, 6.07) is 0. The van der Waals surface area contributed by atoms with Gasteiger partial charge in [0.2, 0.25) is 0 Å². The molecule has 2 unspecified atom stereocenters. The second-order valence-electron chi connectivity index (χ2n) is 3.64. The third kappa shape index (κ3) is 7.82. The van der Waals surface area contributed by atoms with Gasteiger partial charge in [-0.15, -0.1) is 0 Å². The van der Waals surface area contributed by atoms with Crippen molar-refractivity contribution >= 4 is 16.8 Å². The summed E-state index contributed by atoms with van der Waals surface area (Å²) in [7, 11) is 0.321. The lowest BCUT2D eigenvalue weighted by Gasteiger charge is -2.10. The van der Waals surface area contributed by atoms with E-state index >= 15 is 0 Å². The third-order valence-electron chi connectivity index (χ3n) is 2.20. The van der Waals surface area contributed by atoms with Crippen molar-refractivity contribution in [2.45, 2.75) is 38.4 Å². The molecule has 0 aromatic heterocycles. The highest BCUT2D eigenvalue weighted by Gasteiger charge is 2.15. The van der Waals surface area contributed by atoms with E-state index in [4.69, 9.17) is 4.74 Å². The number of unbranched alkanes of at least 4 members (excludes halogenated alkanes) is 1. The molecule has 0 N–H and O–H groups in total. The summed E-state index contributed by atoms with van der Waals surface area (Å²) < 4.78 is 21.5. The van der Waals surface area contributed by atoms with Gasteiger partial charge in [-0.05, 0) is 6.42 Å². The van der Waals surface area contributed by atoms with Crippen LogP contribution in [0.3, 0.4) is 0 Å². The van der Waals surface area contributed by atoms with Crippen LogP contribution in [0.4, 0.5) is 0 Å². The fraction of sp³-hybridized carbons (Fsp3) is 0.909. The summed E-state index contributed by atoms with van der Waals surface area (Å²) in [5.41, 5.74) is 0. The Morgan fingerprint density at radius 2 is 2.06 bits per heavy atom. The number of carbonyl (C=O) groups is 1. The summed E-state index contributed by atoms with van der Waals surface area (Å²) in [6.07, 6.45) is 2.34. The Labute approximate surface area is 100 Å². The van der Waals surface area contributed by atoms with Crippen LogP contribution < -0.4 is 0 Å². The second kappa shape index (κ2) is 9.78. The normalized spacial score (nSPS) is 14.4. The van der Waals surface area contributed by atoms with Gasteiger partial charge in [0.05, 0.1) is 20.1 Å². The van der Waals surface area contributed by atoms with E-state index in [1.807, 2.05) is 0 Å². The highest BCUT2D eigenvalue weighted by Crippen LogP contribution is 2.03. The lowest BCUT2D eigenvalue weighted by atomic mass is 10.3. The number of carbonyl (C=O) groups excluding carboxylic acids is 1. The molecule has 96 valence electrons. The van der Waals surface area contributed by atoms with Gasteiger partial charge in [0, 0.05) is 28.4 Å². The zero-order valence-electron chi connectivity index (χ0n) is 10.4. The third-order valence-corrected chi connectivity index (χ3v) is 3.83. The molecule has 4 nitrogen and oxygen atoms in total. The van der Waals surface area contributed by atoms with E-state index in [1.54, 1.807) is 6.92 Å². The zero-order valence-corrected chi connectivity index (χ0v) is 11.2. The van der Waals surface area contributed by atoms with Crippen molar-refractivity contribution in [2.24, 2.45) is 0 Å². The number of ether oxygens (including phenoxy) is 2. The van der Waals surface area contributed by atoms with E-state index in [1.165, 1.54) is 7.11 Å². The molecule has 0 aliphatic rings. The number of methoxy groups -OCH3 is 1. The lowest BCUT2D eigenvalue weighted by Crippen LogP contribution is -2.21. The summed E-state index contributed by atoms with van der Waals surface area (Å²) in [5.74, 6) is 0.176. The van der Waals surface area contributed by atoms with Crippen LogP contribution in [0.2, 0.25) is 0 Å². The minimum absolute atomic E-state index is 0.165. The second-order valence-corrected chi connectivity index (χ2v) is 5.62. The first-order valence-corrected chi connectivity index (χ1v) is 7.01. The highest BCUT2D eigenvalue weighted by molar-refractivity contribution is 7.85. The van der Waals surface area contributed by atoms with Crippen molar-refractivity contribution in [1.29, 1.82) is 0 Å². The summed E-state index contributed by atoms with van der Waals surface area (Å²) >= 11 is 0. The first-order valence-electron chi connectivity index (χ1n) is 5.63. The van der Waals surface area contributed by atoms with Crippen LogP contribution in [0.15, 0.2) is 0 Å². The predicted octanol–water partition coefficient (Wildman–Crippen LogP) is 1.50. The number of esters is 1. The molecule has 0 bridgehead atoms. The minimum Gasteiger partial charge on any atom is -0.469 e. The van der Waals surface area contributed by atoms with Crippen LogP contribution >= 0.6 is 0 Å². The van der Waals surface area contributed by atoms with Crippen LogP contribution in [0.5, 0.6) is 0 Å². The molecule has 0 spiro atoms. The van der Waals surface area contributed by atoms with Crippen LogP contribution in [-0.4, -0.2) is 41.5 Å². The lowest BCUT2D eigenvalue weighted by molar-refractivity contribution is -0.140. The summed E-state index contributed by atoms with van der Waals surface area (Å²) in [6.45, 7) is 5.11. The maximum absolute atomic E-state index is 11.7. The largest absolute Gasteiger partial charge is 0.469 e. The predicted molar refractivity (Wildman–Crippen MR) is 64.8 cm³/mol. The molecule has 0 rings (SSSR count). The van der Waals surface area contributed by atoms with Crippen molar-refractivity contribution in [3.63, 3.8) is 0 Å². The van der Waals surface area contributed by atoms with Gasteiger partial charge in [-0.1, -0.05) is 20.3 Å². The monoisotopic (exact) mass is 250 g/mol. The van der Waals surface area contributed by atoms with Crippen molar-refractivity contribution in [2.75, 3.05) is 26.1 Å². The molecule has 0 amide bonds. The molecular weight excluding hydrogens is 228 g/mol. The van der Waals surface area contributed by atoms with Gasteiger partial charge in [-0.2, -0.15) is 0 Å². The Balaban J connectivity index is 3.59. The van der Waals surface area contributed by atoms with E-state index in [2.05, 4.69) is 11.7 Å². The van der Waals surface area contributed by atoms with Crippen LogP contribution in [-0.2, 0) is 25.1 Å². The van der Waals surface area contributed by atoms with Crippen LogP contribution in [0, 0.1) is 0 Å². The number of hydrogen-bond donors (Lipinski definition) is 0. The summed E-state index contributed by atoms with van der Waals surface area (Å²) in [4.78, 5) is 11.0. The van der Waals surface area contributed by atoms with Gasteiger partial charge in [0.25, 0.3) is 0 Å². The Bertz CT molecular complexity index is 218. The van der Waals surface area contributed by atoms with Crippen molar-refractivity contribution in [1.82, 2.24) is 0 Å². The molecule has 0 aromatic rings. The number of hydrogen-bond acceptors (Lipinski definition) is 4. The van der Waals surface area contributed by atoms with Gasteiger partial charge in [0.1, 0.15) is 0 Å². The Morgan fingerprint density at radius 3 is 2.62 bits per heavy atom. The molecule has 0 aromatic carbocycles. The number of rotatable bonds is 9. The Morgan fingerprint density at radius 1 is 1.38 bits per heavy atom. The molecule has 0 aliphatic heterocycles. The van der Waals surface area contributed by atoms with Crippen molar-refractivity contribution in [3.8, 4) is 0 Å². The van der Waals surface area contributed by atoms with Gasteiger partial charge in [-0.3, -0.25) is 9.00 Å². The SMILES string of the molecule is CCCCOCCS(=O)C(C)CC(=O)OC. The van der Waals surface area contributed by atoms with Gasteiger partial charge >= 0.3 is 5.97 Å². The Hall–Kier alpha value is -0.420. The van der Waals surface area contributed by atoms with Crippen molar-refractivity contribution in [3.05, 3.63) is 0 Å². The first kappa shape index (κ1) is 15.6. The quantitative estimate of drug-likeness (QED) is 0.460. The molecule has 0 radical (unpaired) electrons. The molecule has 0 aliphatic carbocycles. The topological polar surface area (TPSA) is 52.6 Å².